The van der Waals surface area contributed by atoms with E-state index in [0.717, 1.165) is 27.6 Å². The van der Waals surface area contributed by atoms with Crippen LogP contribution in [0.1, 0.15) is 21.1 Å². The lowest BCUT2D eigenvalue weighted by atomic mass is 10.1. The van der Waals surface area contributed by atoms with Crippen LogP contribution in [0.15, 0.2) is 71.3 Å². The number of hydrogen-bond donors (Lipinski definition) is 0. The van der Waals surface area contributed by atoms with Gasteiger partial charge in [-0.3, -0.25) is 4.79 Å². The molecule has 0 aliphatic carbocycles. The van der Waals surface area contributed by atoms with Crippen molar-refractivity contribution in [3.8, 4) is 21.8 Å². The third-order valence-electron chi connectivity index (χ3n) is 4.31. The van der Waals surface area contributed by atoms with Gasteiger partial charge in [0.15, 0.2) is 0 Å². The van der Waals surface area contributed by atoms with E-state index < -0.39 is 0 Å². The average Bonchev–Trinajstić information content (AvgIpc) is 3.35. The van der Waals surface area contributed by atoms with Crippen molar-refractivity contribution in [2.75, 3.05) is 7.05 Å². The highest BCUT2D eigenvalue weighted by Crippen LogP contribution is 2.34. The summed E-state index contributed by atoms with van der Waals surface area (Å²) in [5, 5.41) is 4.81. The van der Waals surface area contributed by atoms with Gasteiger partial charge in [0.05, 0.1) is 12.2 Å². The van der Waals surface area contributed by atoms with Gasteiger partial charge in [-0.25, -0.2) is 4.98 Å². The van der Waals surface area contributed by atoms with Crippen LogP contribution in [0.25, 0.3) is 21.8 Å². The van der Waals surface area contributed by atoms with E-state index in [0.29, 0.717) is 17.1 Å². The first-order chi connectivity index (χ1) is 13.6. The fourth-order valence-electron chi connectivity index (χ4n) is 2.94. The molecule has 0 atom stereocenters. The zero-order chi connectivity index (χ0) is 19.5. The van der Waals surface area contributed by atoms with E-state index >= 15 is 0 Å². The number of carbonyl (C=O) groups excluding carboxylic acids is 1. The Labute approximate surface area is 167 Å². The van der Waals surface area contributed by atoms with Crippen LogP contribution >= 0.6 is 11.3 Å². The number of carbonyl (C=O) groups is 1. The van der Waals surface area contributed by atoms with Gasteiger partial charge in [0, 0.05) is 24.2 Å². The lowest BCUT2D eigenvalue weighted by molar-refractivity contribution is 0.0787. The quantitative estimate of drug-likeness (QED) is 0.479. The Morgan fingerprint density at radius 2 is 1.68 bits per heavy atom. The van der Waals surface area contributed by atoms with E-state index in [-0.39, 0.29) is 5.91 Å². The fraction of sp³-hybridized carbons (Fsp3) is 0.136. The van der Waals surface area contributed by atoms with Crippen LogP contribution in [-0.4, -0.2) is 28.0 Å². The van der Waals surface area contributed by atoms with Crippen LogP contribution in [0.5, 0.6) is 0 Å². The van der Waals surface area contributed by atoms with Gasteiger partial charge in [0.25, 0.3) is 5.91 Å². The number of thiazole rings is 1. The highest BCUT2D eigenvalue weighted by atomic mass is 32.1. The third kappa shape index (κ3) is 3.73. The number of aryl methyl sites for hydroxylation is 1. The van der Waals surface area contributed by atoms with Crippen LogP contribution < -0.4 is 0 Å². The average molecular weight is 389 g/mol. The molecule has 4 aromatic rings. The summed E-state index contributed by atoms with van der Waals surface area (Å²) in [6.07, 6.45) is 0. The van der Waals surface area contributed by atoms with Crippen molar-refractivity contribution in [2.24, 2.45) is 0 Å². The van der Waals surface area contributed by atoms with Crippen molar-refractivity contribution in [3.63, 3.8) is 0 Å². The first-order valence-corrected chi connectivity index (χ1v) is 9.73. The number of benzene rings is 2. The Morgan fingerprint density at radius 3 is 2.29 bits per heavy atom. The van der Waals surface area contributed by atoms with Crippen molar-refractivity contribution >= 4 is 17.2 Å². The molecule has 5 nitrogen and oxygen atoms in total. The first-order valence-electron chi connectivity index (χ1n) is 8.91. The van der Waals surface area contributed by atoms with Gasteiger partial charge in [0.2, 0.25) is 0 Å². The van der Waals surface area contributed by atoms with E-state index in [9.17, 15) is 4.79 Å². The zero-order valence-electron chi connectivity index (χ0n) is 15.6. The predicted octanol–water partition coefficient (Wildman–Crippen LogP) is 5.05. The lowest BCUT2D eigenvalue weighted by Crippen LogP contribution is -2.26. The van der Waals surface area contributed by atoms with Crippen molar-refractivity contribution < 1.29 is 9.32 Å². The second-order valence-electron chi connectivity index (χ2n) is 6.52. The summed E-state index contributed by atoms with van der Waals surface area (Å²) in [6.45, 7) is 2.21. The molecule has 2 aromatic carbocycles. The van der Waals surface area contributed by atoms with Crippen LogP contribution in [-0.2, 0) is 6.54 Å². The summed E-state index contributed by atoms with van der Waals surface area (Å²) in [5.41, 5.74) is 3.36. The Morgan fingerprint density at radius 1 is 1.04 bits per heavy atom. The molecule has 0 N–H and O–H groups in total. The molecular weight excluding hydrogens is 370 g/mol. The van der Waals surface area contributed by atoms with Crippen LogP contribution in [0, 0.1) is 6.92 Å². The topological polar surface area (TPSA) is 59.2 Å². The Balaban J connectivity index is 1.72. The molecule has 6 heteroatoms. The molecule has 2 heterocycles. The summed E-state index contributed by atoms with van der Waals surface area (Å²) in [5.74, 6) is 0.643. The van der Waals surface area contributed by atoms with Crippen molar-refractivity contribution in [3.05, 3.63) is 83.1 Å². The first kappa shape index (κ1) is 18.1. The molecule has 0 bridgehead atoms. The molecule has 28 heavy (non-hydrogen) atoms. The van der Waals surface area contributed by atoms with Gasteiger partial charge in [-0.1, -0.05) is 65.8 Å². The summed E-state index contributed by atoms with van der Waals surface area (Å²) in [4.78, 5) is 20.3. The summed E-state index contributed by atoms with van der Waals surface area (Å²) in [7, 11) is 1.77. The number of nitrogens with zero attached hydrogens (tertiary/aromatic N) is 3. The number of amides is 1. The van der Waals surface area contributed by atoms with E-state index in [1.807, 2.05) is 73.7 Å². The Kier molecular flexibility index (Phi) is 5.04. The van der Waals surface area contributed by atoms with Gasteiger partial charge in [-0.2, -0.15) is 0 Å². The van der Waals surface area contributed by atoms with Gasteiger partial charge < -0.3 is 9.42 Å². The molecule has 0 saturated heterocycles. The lowest BCUT2D eigenvalue weighted by Gasteiger charge is -2.15. The minimum Gasteiger partial charge on any atom is -0.361 e. The Bertz CT molecular complexity index is 1090. The highest BCUT2D eigenvalue weighted by Gasteiger charge is 2.23. The van der Waals surface area contributed by atoms with E-state index in [1.165, 1.54) is 11.3 Å². The van der Waals surface area contributed by atoms with Crippen molar-refractivity contribution in [2.45, 2.75) is 13.5 Å². The van der Waals surface area contributed by atoms with Crippen molar-refractivity contribution in [1.82, 2.24) is 15.0 Å². The number of aromatic nitrogens is 2. The smallest absolute Gasteiger partial charge is 0.266 e. The molecule has 0 fully saturated rings. The molecule has 2 aromatic heterocycles. The van der Waals surface area contributed by atoms with Crippen LogP contribution in [0.2, 0.25) is 0 Å². The minimum absolute atomic E-state index is 0.0841. The minimum atomic E-state index is -0.0841. The summed E-state index contributed by atoms with van der Waals surface area (Å²) < 4.78 is 5.11. The van der Waals surface area contributed by atoms with Gasteiger partial charge in [-0.15, -0.1) is 11.3 Å². The van der Waals surface area contributed by atoms with Gasteiger partial charge in [-0.05, 0) is 6.92 Å². The summed E-state index contributed by atoms with van der Waals surface area (Å²) >= 11 is 1.41. The second-order valence-corrected chi connectivity index (χ2v) is 7.52. The molecular formula is C22H19N3O2S. The maximum atomic E-state index is 13.2. The third-order valence-corrected chi connectivity index (χ3v) is 5.40. The maximum Gasteiger partial charge on any atom is 0.266 e. The number of rotatable bonds is 5. The second kappa shape index (κ2) is 7.78. The zero-order valence-corrected chi connectivity index (χ0v) is 16.4. The van der Waals surface area contributed by atoms with E-state index in [4.69, 9.17) is 9.51 Å². The van der Waals surface area contributed by atoms with Gasteiger partial charge in [0.1, 0.15) is 21.3 Å². The monoisotopic (exact) mass is 389 g/mol. The molecule has 140 valence electrons. The largest absolute Gasteiger partial charge is 0.361 e. The molecule has 4 rings (SSSR count). The van der Waals surface area contributed by atoms with E-state index in [1.54, 1.807) is 11.9 Å². The fourth-order valence-corrected chi connectivity index (χ4v) is 4.03. The predicted molar refractivity (Wildman–Crippen MR) is 110 cm³/mol. The molecule has 0 spiro atoms. The molecule has 0 saturated carbocycles. The number of hydrogen-bond acceptors (Lipinski definition) is 5. The standard InChI is InChI=1S/C22H19N3O2S/c1-15-13-18(24-27-15)14-25(2)22(26)20-19(16-9-5-3-6-10-16)23-21(28-20)17-11-7-4-8-12-17/h3-13H,14H2,1-2H3. The van der Waals surface area contributed by atoms with E-state index in [2.05, 4.69) is 5.16 Å². The summed E-state index contributed by atoms with van der Waals surface area (Å²) in [6, 6.07) is 21.6. The van der Waals surface area contributed by atoms with Crippen LogP contribution in [0.4, 0.5) is 0 Å². The Hall–Kier alpha value is -3.25. The van der Waals surface area contributed by atoms with Crippen LogP contribution in [0.3, 0.4) is 0 Å². The molecule has 0 radical (unpaired) electrons. The molecule has 0 aliphatic rings. The maximum absolute atomic E-state index is 13.2. The van der Waals surface area contributed by atoms with Crippen molar-refractivity contribution in [1.29, 1.82) is 0 Å². The van der Waals surface area contributed by atoms with Gasteiger partial charge >= 0.3 is 0 Å². The SMILES string of the molecule is Cc1cc(CN(C)C(=O)c2sc(-c3ccccc3)nc2-c2ccccc2)no1. The highest BCUT2D eigenvalue weighted by molar-refractivity contribution is 7.17. The molecule has 1 amide bonds. The molecule has 0 aliphatic heterocycles. The molecule has 0 unspecified atom stereocenters. The normalized spacial score (nSPS) is 10.8.